The molecule has 0 aliphatic rings. The van der Waals surface area contributed by atoms with Crippen LogP contribution in [0.2, 0.25) is 5.02 Å². The first-order chi connectivity index (χ1) is 12.5. The molecule has 0 saturated carbocycles. The third-order valence-electron chi connectivity index (χ3n) is 4.64. The predicted molar refractivity (Wildman–Crippen MR) is 110 cm³/mol. The summed E-state index contributed by atoms with van der Waals surface area (Å²) < 4.78 is 0. The molecule has 0 fully saturated rings. The molecular formula is C21H21ClN2O2. The van der Waals surface area contributed by atoms with Crippen molar-refractivity contribution in [2.75, 3.05) is 23.3 Å². The molecule has 3 rings (SSSR count). The van der Waals surface area contributed by atoms with Crippen molar-refractivity contribution in [2.45, 2.75) is 20.8 Å². The molecule has 3 aromatic carbocycles. The maximum Gasteiger partial charge on any atom is 0.250 e. The molecule has 0 bridgehead atoms. The number of halogens is 1. The highest BCUT2D eigenvalue weighted by atomic mass is 35.5. The lowest BCUT2D eigenvalue weighted by Gasteiger charge is -2.23. The minimum atomic E-state index is -0.484. The standard InChI is InChI=1S/C21H21ClN2O2/c1-4-24(5-2)16-10-11-17(13(3)12-16)23-19-18(20(25)21(19)26)14-6-8-15(22)9-7-14/h6-12,23H,4-5H2,1-3H3. The molecule has 0 unspecified atom stereocenters. The molecule has 0 saturated heterocycles. The fourth-order valence-electron chi connectivity index (χ4n) is 3.11. The second-order valence-corrected chi connectivity index (χ2v) is 6.65. The average molecular weight is 369 g/mol. The number of aryl methyl sites for hydroxylation is 1. The van der Waals surface area contributed by atoms with E-state index in [4.69, 9.17) is 11.6 Å². The molecule has 0 heterocycles. The molecule has 0 aliphatic carbocycles. The van der Waals surface area contributed by atoms with E-state index in [1.807, 2.05) is 19.1 Å². The van der Waals surface area contributed by atoms with Gasteiger partial charge in [0, 0.05) is 29.5 Å². The van der Waals surface area contributed by atoms with Gasteiger partial charge in [0.25, 0.3) is 5.43 Å². The first kappa shape index (κ1) is 18.2. The van der Waals surface area contributed by atoms with Gasteiger partial charge in [-0.3, -0.25) is 9.59 Å². The molecule has 26 heavy (non-hydrogen) atoms. The quantitative estimate of drug-likeness (QED) is 0.651. The van der Waals surface area contributed by atoms with Crippen molar-refractivity contribution in [1.29, 1.82) is 0 Å². The molecule has 0 spiro atoms. The number of nitrogens with zero attached hydrogens (tertiary/aromatic N) is 1. The topological polar surface area (TPSA) is 49.4 Å². The SMILES string of the molecule is CCN(CC)c1ccc(Nc2c(-c3ccc(Cl)cc3)c(=O)c2=O)c(C)c1. The van der Waals surface area contributed by atoms with Crippen molar-refractivity contribution in [1.82, 2.24) is 0 Å². The van der Waals surface area contributed by atoms with Crippen molar-refractivity contribution >= 4 is 28.7 Å². The zero-order chi connectivity index (χ0) is 18.8. The molecule has 3 aromatic rings. The Kier molecular flexibility index (Phi) is 5.14. The van der Waals surface area contributed by atoms with Crippen LogP contribution in [0, 0.1) is 6.92 Å². The average Bonchev–Trinajstić information content (AvgIpc) is 2.65. The van der Waals surface area contributed by atoms with E-state index in [1.165, 1.54) is 0 Å². The number of hydrogen-bond acceptors (Lipinski definition) is 4. The number of benzene rings is 2. The summed E-state index contributed by atoms with van der Waals surface area (Å²) in [5, 5.41) is 3.74. The van der Waals surface area contributed by atoms with Crippen LogP contribution < -0.4 is 21.1 Å². The molecule has 1 N–H and O–H groups in total. The summed E-state index contributed by atoms with van der Waals surface area (Å²) >= 11 is 5.91. The van der Waals surface area contributed by atoms with Gasteiger partial charge in [-0.25, -0.2) is 0 Å². The van der Waals surface area contributed by atoms with E-state index in [0.29, 0.717) is 21.8 Å². The Bertz CT molecular complexity index is 998. The lowest BCUT2D eigenvalue weighted by atomic mass is 9.98. The largest absolute Gasteiger partial charge is 0.372 e. The van der Waals surface area contributed by atoms with Gasteiger partial charge < -0.3 is 10.2 Å². The minimum Gasteiger partial charge on any atom is -0.372 e. The van der Waals surface area contributed by atoms with Gasteiger partial charge in [0.05, 0.1) is 5.56 Å². The van der Waals surface area contributed by atoms with Crippen LogP contribution in [0.1, 0.15) is 19.4 Å². The molecule has 0 aromatic heterocycles. The van der Waals surface area contributed by atoms with Crippen LogP contribution in [0.15, 0.2) is 52.1 Å². The van der Waals surface area contributed by atoms with Gasteiger partial charge in [-0.2, -0.15) is 0 Å². The third kappa shape index (κ3) is 3.25. The molecule has 134 valence electrons. The molecule has 0 aliphatic heterocycles. The maximum atomic E-state index is 12.1. The third-order valence-corrected chi connectivity index (χ3v) is 4.89. The highest BCUT2D eigenvalue weighted by molar-refractivity contribution is 6.30. The summed E-state index contributed by atoms with van der Waals surface area (Å²) in [5.41, 5.74) is 3.48. The second-order valence-electron chi connectivity index (χ2n) is 6.21. The lowest BCUT2D eigenvalue weighted by molar-refractivity contribution is 0.866. The monoisotopic (exact) mass is 368 g/mol. The highest BCUT2D eigenvalue weighted by Gasteiger charge is 2.22. The van der Waals surface area contributed by atoms with Crippen LogP contribution in [0.5, 0.6) is 0 Å². The van der Waals surface area contributed by atoms with Gasteiger partial charge in [-0.05, 0) is 62.2 Å². The molecular weight excluding hydrogens is 348 g/mol. The number of nitrogens with one attached hydrogen (secondary N) is 1. The lowest BCUT2D eigenvalue weighted by Crippen LogP contribution is -2.35. The summed E-state index contributed by atoms with van der Waals surface area (Å²) in [5.74, 6) is 0. The van der Waals surface area contributed by atoms with Gasteiger partial charge >= 0.3 is 0 Å². The van der Waals surface area contributed by atoms with Gasteiger partial charge in [-0.1, -0.05) is 23.7 Å². The normalized spacial score (nSPS) is 10.9. The van der Waals surface area contributed by atoms with Crippen molar-refractivity contribution in [3.8, 4) is 11.1 Å². The molecule has 4 nitrogen and oxygen atoms in total. The van der Waals surface area contributed by atoms with Crippen LogP contribution in [-0.2, 0) is 0 Å². The summed E-state index contributed by atoms with van der Waals surface area (Å²) in [7, 11) is 0. The summed E-state index contributed by atoms with van der Waals surface area (Å²) in [6.07, 6.45) is 0. The van der Waals surface area contributed by atoms with Crippen LogP contribution in [0.25, 0.3) is 11.1 Å². The molecule has 0 radical (unpaired) electrons. The number of rotatable bonds is 6. The van der Waals surface area contributed by atoms with E-state index in [9.17, 15) is 9.59 Å². The van der Waals surface area contributed by atoms with Gasteiger partial charge in [0.15, 0.2) is 0 Å². The van der Waals surface area contributed by atoms with Crippen molar-refractivity contribution < 1.29 is 0 Å². The van der Waals surface area contributed by atoms with Crippen molar-refractivity contribution in [3.05, 3.63) is 73.5 Å². The minimum absolute atomic E-state index is 0.344. The summed E-state index contributed by atoms with van der Waals surface area (Å²) in [6.45, 7) is 8.09. The Labute approximate surface area is 157 Å². The van der Waals surface area contributed by atoms with Crippen molar-refractivity contribution in [2.24, 2.45) is 0 Å². The van der Waals surface area contributed by atoms with E-state index < -0.39 is 10.9 Å². The summed E-state index contributed by atoms with van der Waals surface area (Å²) in [4.78, 5) is 26.4. The first-order valence-corrected chi connectivity index (χ1v) is 9.05. The zero-order valence-electron chi connectivity index (χ0n) is 15.1. The van der Waals surface area contributed by atoms with Crippen LogP contribution in [0.3, 0.4) is 0 Å². The first-order valence-electron chi connectivity index (χ1n) is 8.68. The Morgan fingerprint density at radius 3 is 2.19 bits per heavy atom. The Morgan fingerprint density at radius 1 is 0.962 bits per heavy atom. The smallest absolute Gasteiger partial charge is 0.250 e. The molecule has 5 heteroatoms. The molecule has 0 atom stereocenters. The highest BCUT2D eigenvalue weighted by Crippen LogP contribution is 2.30. The van der Waals surface area contributed by atoms with E-state index >= 15 is 0 Å². The van der Waals surface area contributed by atoms with Crippen LogP contribution >= 0.6 is 11.6 Å². The second kappa shape index (κ2) is 7.34. The Balaban J connectivity index is 1.93. The van der Waals surface area contributed by atoms with Gasteiger partial charge in [-0.15, -0.1) is 0 Å². The summed E-state index contributed by atoms with van der Waals surface area (Å²) in [6, 6.07) is 13.0. The van der Waals surface area contributed by atoms with E-state index in [0.717, 1.165) is 30.0 Å². The van der Waals surface area contributed by atoms with E-state index in [-0.39, 0.29) is 0 Å². The Morgan fingerprint density at radius 2 is 1.62 bits per heavy atom. The predicted octanol–water partition coefficient (Wildman–Crippen LogP) is 4.50. The van der Waals surface area contributed by atoms with Gasteiger partial charge in [0.1, 0.15) is 5.69 Å². The number of anilines is 3. The van der Waals surface area contributed by atoms with Crippen molar-refractivity contribution in [3.63, 3.8) is 0 Å². The zero-order valence-corrected chi connectivity index (χ0v) is 15.9. The van der Waals surface area contributed by atoms with Gasteiger partial charge in [0.2, 0.25) is 5.43 Å². The van der Waals surface area contributed by atoms with E-state index in [1.54, 1.807) is 24.3 Å². The molecule has 0 amide bonds. The maximum absolute atomic E-state index is 12.1. The van der Waals surface area contributed by atoms with E-state index in [2.05, 4.69) is 30.1 Å². The van der Waals surface area contributed by atoms with Crippen LogP contribution in [-0.4, -0.2) is 13.1 Å². The fraction of sp³-hybridized carbons (Fsp3) is 0.238. The van der Waals surface area contributed by atoms with Crippen LogP contribution in [0.4, 0.5) is 17.1 Å². The number of hydrogen-bond donors (Lipinski definition) is 1. The Hall–Kier alpha value is -2.59. The fourth-order valence-corrected chi connectivity index (χ4v) is 3.24.